The van der Waals surface area contributed by atoms with Gasteiger partial charge < -0.3 is 10.1 Å². The van der Waals surface area contributed by atoms with E-state index in [1.807, 2.05) is 0 Å². The molecule has 1 unspecified atom stereocenters. The second kappa shape index (κ2) is 7.75. The monoisotopic (exact) mass is 249 g/mol. The molecule has 0 aliphatic heterocycles. The van der Waals surface area contributed by atoms with Crippen molar-refractivity contribution >= 4 is 11.7 Å². The van der Waals surface area contributed by atoms with E-state index in [4.69, 9.17) is 0 Å². The molecule has 0 bridgehead atoms. The van der Waals surface area contributed by atoms with Crippen LogP contribution in [0, 0.1) is 0 Å². The molecule has 0 saturated heterocycles. The molecule has 0 radical (unpaired) electrons. The Morgan fingerprint density at radius 2 is 2.00 bits per heavy atom. The van der Waals surface area contributed by atoms with E-state index < -0.39 is 0 Å². The van der Waals surface area contributed by atoms with E-state index in [0.29, 0.717) is 12.3 Å². The van der Waals surface area contributed by atoms with Crippen LogP contribution in [0.5, 0.6) is 0 Å². The number of methoxy groups -OCH3 is 1. The number of ether oxygens (including phenoxy) is 1. The van der Waals surface area contributed by atoms with Gasteiger partial charge in [-0.05, 0) is 36.5 Å². The van der Waals surface area contributed by atoms with Crippen molar-refractivity contribution in [3.05, 3.63) is 29.8 Å². The first-order chi connectivity index (χ1) is 8.67. The summed E-state index contributed by atoms with van der Waals surface area (Å²) in [4.78, 5) is 10.9. The largest absolute Gasteiger partial charge is 0.469 e. The molecule has 1 aromatic carbocycles. The lowest BCUT2D eigenvalue weighted by molar-refractivity contribution is -0.140. The predicted octanol–water partition coefficient (Wildman–Crippen LogP) is 3.57. The molecule has 3 nitrogen and oxygen atoms in total. The van der Waals surface area contributed by atoms with Gasteiger partial charge in [-0.15, -0.1) is 0 Å². The molecule has 3 heteroatoms. The zero-order valence-electron chi connectivity index (χ0n) is 11.5. The van der Waals surface area contributed by atoms with E-state index in [1.165, 1.54) is 12.7 Å². The van der Waals surface area contributed by atoms with Crippen molar-refractivity contribution in [2.24, 2.45) is 0 Å². The fourth-order valence-electron chi connectivity index (χ4n) is 1.73. The van der Waals surface area contributed by atoms with Crippen LogP contribution in [0.4, 0.5) is 5.69 Å². The summed E-state index contributed by atoms with van der Waals surface area (Å²) in [6.45, 7) is 5.22. The molecule has 18 heavy (non-hydrogen) atoms. The summed E-state index contributed by atoms with van der Waals surface area (Å²) in [5.74, 6) is 0.460. The van der Waals surface area contributed by atoms with E-state index in [2.05, 4.69) is 48.2 Å². The lowest BCUT2D eigenvalue weighted by Gasteiger charge is -2.11. The first kappa shape index (κ1) is 14.6. The van der Waals surface area contributed by atoms with Crippen molar-refractivity contribution < 1.29 is 9.53 Å². The topological polar surface area (TPSA) is 38.3 Å². The van der Waals surface area contributed by atoms with Gasteiger partial charge in [-0.1, -0.05) is 26.0 Å². The fourth-order valence-corrected chi connectivity index (χ4v) is 1.73. The molecule has 0 aliphatic carbocycles. The van der Waals surface area contributed by atoms with E-state index in [-0.39, 0.29) is 5.97 Å². The number of esters is 1. The number of benzene rings is 1. The third kappa shape index (κ3) is 4.78. The van der Waals surface area contributed by atoms with Gasteiger partial charge in [0.15, 0.2) is 0 Å². The molecular weight excluding hydrogens is 226 g/mol. The van der Waals surface area contributed by atoms with Gasteiger partial charge in [-0.25, -0.2) is 0 Å². The maximum atomic E-state index is 10.9. The Morgan fingerprint density at radius 3 is 2.56 bits per heavy atom. The van der Waals surface area contributed by atoms with Crippen LogP contribution in [-0.2, 0) is 9.53 Å². The SMILES string of the molecule is CCC(C)c1ccc(NCCCC(=O)OC)cc1. The van der Waals surface area contributed by atoms with Gasteiger partial charge in [0, 0.05) is 18.7 Å². The zero-order chi connectivity index (χ0) is 13.4. The minimum atomic E-state index is -0.149. The van der Waals surface area contributed by atoms with Gasteiger partial charge in [0.25, 0.3) is 0 Å². The Balaban J connectivity index is 2.33. The van der Waals surface area contributed by atoms with Crippen molar-refractivity contribution in [1.82, 2.24) is 0 Å². The van der Waals surface area contributed by atoms with Gasteiger partial charge in [0.05, 0.1) is 7.11 Å². The standard InChI is InChI=1S/C15H23NO2/c1-4-12(2)13-7-9-14(10-8-13)16-11-5-6-15(17)18-3/h7-10,12,16H,4-6,11H2,1-3H3. The summed E-state index contributed by atoms with van der Waals surface area (Å²) in [6, 6.07) is 8.52. The summed E-state index contributed by atoms with van der Waals surface area (Å²) < 4.78 is 4.59. The van der Waals surface area contributed by atoms with Gasteiger partial charge >= 0.3 is 5.97 Å². The molecule has 100 valence electrons. The van der Waals surface area contributed by atoms with Crippen molar-refractivity contribution in [2.75, 3.05) is 19.0 Å². The van der Waals surface area contributed by atoms with Crippen molar-refractivity contribution in [3.63, 3.8) is 0 Å². The Kier molecular flexibility index (Phi) is 6.26. The van der Waals surface area contributed by atoms with E-state index in [0.717, 1.165) is 25.1 Å². The number of anilines is 1. The Labute approximate surface area is 110 Å². The number of hydrogen-bond donors (Lipinski definition) is 1. The molecule has 0 fully saturated rings. The van der Waals surface area contributed by atoms with Crippen molar-refractivity contribution in [2.45, 2.75) is 39.0 Å². The highest BCUT2D eigenvalue weighted by molar-refractivity contribution is 5.69. The summed E-state index contributed by atoms with van der Waals surface area (Å²) in [7, 11) is 1.42. The Bertz CT molecular complexity index is 359. The van der Waals surface area contributed by atoms with Gasteiger partial charge in [-0.2, -0.15) is 0 Å². The number of carbonyl (C=O) groups excluding carboxylic acids is 1. The highest BCUT2D eigenvalue weighted by atomic mass is 16.5. The van der Waals surface area contributed by atoms with Gasteiger partial charge in [0.1, 0.15) is 0 Å². The third-order valence-corrected chi connectivity index (χ3v) is 3.21. The van der Waals surface area contributed by atoms with E-state index in [1.54, 1.807) is 0 Å². The Hall–Kier alpha value is -1.51. The second-order valence-electron chi connectivity index (χ2n) is 4.54. The summed E-state index contributed by atoms with van der Waals surface area (Å²) in [6.07, 6.45) is 2.42. The highest BCUT2D eigenvalue weighted by Gasteiger charge is 2.02. The Morgan fingerprint density at radius 1 is 1.33 bits per heavy atom. The molecule has 1 N–H and O–H groups in total. The number of nitrogens with one attached hydrogen (secondary N) is 1. The van der Waals surface area contributed by atoms with Crippen molar-refractivity contribution in [1.29, 1.82) is 0 Å². The minimum Gasteiger partial charge on any atom is -0.469 e. The molecule has 0 aliphatic rings. The van der Waals surface area contributed by atoms with Gasteiger partial charge in [0.2, 0.25) is 0 Å². The summed E-state index contributed by atoms with van der Waals surface area (Å²) in [5.41, 5.74) is 2.48. The van der Waals surface area contributed by atoms with Crippen LogP contribution in [0.15, 0.2) is 24.3 Å². The fraction of sp³-hybridized carbons (Fsp3) is 0.533. The first-order valence-electron chi connectivity index (χ1n) is 6.58. The lowest BCUT2D eigenvalue weighted by Crippen LogP contribution is -2.06. The lowest BCUT2D eigenvalue weighted by atomic mass is 9.99. The number of carbonyl (C=O) groups is 1. The van der Waals surface area contributed by atoms with E-state index >= 15 is 0 Å². The normalized spacial score (nSPS) is 11.9. The molecule has 0 aromatic heterocycles. The maximum Gasteiger partial charge on any atom is 0.305 e. The quantitative estimate of drug-likeness (QED) is 0.593. The molecular formula is C15H23NO2. The number of rotatable bonds is 7. The summed E-state index contributed by atoms with van der Waals surface area (Å²) >= 11 is 0. The molecule has 0 spiro atoms. The third-order valence-electron chi connectivity index (χ3n) is 3.21. The minimum absolute atomic E-state index is 0.149. The van der Waals surface area contributed by atoms with Crippen LogP contribution in [-0.4, -0.2) is 19.6 Å². The smallest absolute Gasteiger partial charge is 0.305 e. The maximum absolute atomic E-state index is 10.9. The average Bonchev–Trinajstić information content (AvgIpc) is 2.43. The second-order valence-corrected chi connectivity index (χ2v) is 4.54. The average molecular weight is 249 g/mol. The molecule has 0 saturated carbocycles. The predicted molar refractivity (Wildman–Crippen MR) is 74.9 cm³/mol. The van der Waals surface area contributed by atoms with Crippen LogP contribution < -0.4 is 5.32 Å². The van der Waals surface area contributed by atoms with Crippen molar-refractivity contribution in [3.8, 4) is 0 Å². The van der Waals surface area contributed by atoms with Crippen LogP contribution >= 0.6 is 0 Å². The number of hydrogen-bond acceptors (Lipinski definition) is 3. The van der Waals surface area contributed by atoms with Crippen LogP contribution in [0.2, 0.25) is 0 Å². The van der Waals surface area contributed by atoms with Crippen LogP contribution in [0.25, 0.3) is 0 Å². The molecule has 0 amide bonds. The highest BCUT2D eigenvalue weighted by Crippen LogP contribution is 2.20. The van der Waals surface area contributed by atoms with Crippen LogP contribution in [0.3, 0.4) is 0 Å². The molecule has 1 aromatic rings. The van der Waals surface area contributed by atoms with Crippen LogP contribution in [0.1, 0.15) is 44.6 Å². The first-order valence-corrected chi connectivity index (χ1v) is 6.58. The zero-order valence-corrected chi connectivity index (χ0v) is 11.5. The van der Waals surface area contributed by atoms with Gasteiger partial charge in [-0.3, -0.25) is 4.79 Å². The molecule has 0 heterocycles. The molecule has 1 rings (SSSR count). The summed E-state index contributed by atoms with van der Waals surface area (Å²) in [5, 5.41) is 3.30. The van der Waals surface area contributed by atoms with E-state index in [9.17, 15) is 4.79 Å². The molecule has 1 atom stereocenters.